The predicted molar refractivity (Wildman–Crippen MR) is 123 cm³/mol. The van der Waals surface area contributed by atoms with Crippen LogP contribution >= 0.6 is 11.6 Å². The molecule has 0 bridgehead atoms. The number of carbonyl (C=O) groups is 1. The number of hydrogen-bond donors (Lipinski definition) is 1. The first-order valence-electron chi connectivity index (χ1n) is 9.93. The predicted octanol–water partition coefficient (Wildman–Crippen LogP) is 4.93. The van der Waals surface area contributed by atoms with Crippen LogP contribution in [-0.2, 0) is 21.4 Å². The van der Waals surface area contributed by atoms with Gasteiger partial charge in [-0.05, 0) is 63.8 Å². The van der Waals surface area contributed by atoms with Gasteiger partial charge in [-0.1, -0.05) is 17.7 Å². The van der Waals surface area contributed by atoms with E-state index in [2.05, 4.69) is 0 Å². The molecule has 2 aromatic carbocycles. The molecule has 0 fully saturated rings. The van der Waals surface area contributed by atoms with Gasteiger partial charge in [0, 0.05) is 28.7 Å². The third-order valence-electron chi connectivity index (χ3n) is 4.68. The molecule has 1 heterocycles. The largest absolute Gasteiger partial charge is 0.494 e. The molecule has 1 N–H and O–H groups in total. The zero-order chi connectivity index (χ0) is 25.8. The highest BCUT2D eigenvalue weighted by molar-refractivity contribution is 7.90. The van der Waals surface area contributed by atoms with Crippen molar-refractivity contribution in [1.82, 2.24) is 8.87 Å². The van der Waals surface area contributed by atoms with Gasteiger partial charge in [0.2, 0.25) is 0 Å². The van der Waals surface area contributed by atoms with Gasteiger partial charge in [-0.25, -0.2) is 17.2 Å². The van der Waals surface area contributed by atoms with Crippen molar-refractivity contribution in [2.24, 2.45) is 0 Å². The quantitative estimate of drug-likeness (QED) is 0.495. The fourth-order valence-corrected chi connectivity index (χ4v) is 5.01. The van der Waals surface area contributed by atoms with Gasteiger partial charge in [0.15, 0.2) is 0 Å². The van der Waals surface area contributed by atoms with Crippen molar-refractivity contribution in [2.45, 2.75) is 31.5 Å². The molecule has 12 heteroatoms. The zero-order valence-corrected chi connectivity index (χ0v) is 20.4. The van der Waals surface area contributed by atoms with E-state index in [1.165, 1.54) is 3.97 Å². The number of carboxylic acid groups (broad SMARTS) is 1. The number of alkyl halides is 3. The smallest absolute Gasteiger partial charge is 0.490 e. The lowest BCUT2D eigenvalue weighted by molar-refractivity contribution is -0.192. The Bertz CT molecular complexity index is 1290. The van der Waals surface area contributed by atoms with E-state index in [-0.39, 0.29) is 4.90 Å². The summed E-state index contributed by atoms with van der Waals surface area (Å²) in [5, 5.41) is 8.41. The van der Waals surface area contributed by atoms with Crippen molar-refractivity contribution in [3.05, 3.63) is 58.7 Å². The number of aromatic nitrogens is 1. The Balaban J connectivity index is 0.000000509. The third kappa shape index (κ3) is 6.02. The normalized spacial score (nSPS) is 11.9. The number of benzene rings is 2. The van der Waals surface area contributed by atoms with E-state index < -0.39 is 22.2 Å². The van der Waals surface area contributed by atoms with Gasteiger partial charge in [0.25, 0.3) is 10.0 Å². The van der Waals surface area contributed by atoms with E-state index in [4.69, 9.17) is 26.2 Å². The van der Waals surface area contributed by atoms with Crippen molar-refractivity contribution in [2.75, 3.05) is 20.7 Å². The van der Waals surface area contributed by atoms with Crippen molar-refractivity contribution >= 4 is 38.5 Å². The Labute approximate surface area is 200 Å². The number of fused-ring (bicyclic) bond motifs is 1. The topological polar surface area (TPSA) is 88.8 Å². The maximum absolute atomic E-state index is 13.3. The van der Waals surface area contributed by atoms with Crippen LogP contribution in [0, 0.1) is 6.92 Å². The first kappa shape index (κ1) is 27.5. The van der Waals surface area contributed by atoms with Gasteiger partial charge in [0.1, 0.15) is 5.75 Å². The number of ether oxygens (including phenoxy) is 1. The number of nitrogens with zero attached hydrogens (tertiary/aromatic N) is 2. The lowest BCUT2D eigenvalue weighted by Gasteiger charge is -2.16. The van der Waals surface area contributed by atoms with Crippen molar-refractivity contribution in [3.63, 3.8) is 0 Å². The highest BCUT2D eigenvalue weighted by atomic mass is 35.5. The molecule has 1 aromatic heterocycles. The monoisotopic (exact) mass is 520 g/mol. The van der Waals surface area contributed by atoms with Gasteiger partial charge in [0.05, 0.1) is 17.0 Å². The lowest BCUT2D eigenvalue weighted by atomic mass is 10.1. The van der Waals surface area contributed by atoms with Crippen LogP contribution in [-0.4, -0.2) is 55.2 Å². The van der Waals surface area contributed by atoms with E-state index in [0.29, 0.717) is 29.3 Å². The summed E-state index contributed by atoms with van der Waals surface area (Å²) >= 11 is 6.14. The van der Waals surface area contributed by atoms with Crippen molar-refractivity contribution in [1.29, 1.82) is 0 Å². The molecule has 0 spiro atoms. The summed E-state index contributed by atoms with van der Waals surface area (Å²) in [5.74, 6) is -1.99. The summed E-state index contributed by atoms with van der Waals surface area (Å²) in [7, 11) is 0.172. The standard InChI is InChI=1S/C20H23ClN2O3S.C2HF3O2/c1-5-26-19-10-9-18-15(16(19)13-22(3)4)11-12-23(18)27(24,25)20-8-6-7-17(21)14(20)2;3-2(4,5)1(6)7/h6-12H,5,13H2,1-4H3;(H,6,7). The van der Waals surface area contributed by atoms with Gasteiger partial charge in [-0.3, -0.25) is 0 Å². The highest BCUT2D eigenvalue weighted by Gasteiger charge is 2.38. The number of aliphatic carboxylic acids is 1. The molecule has 0 aliphatic heterocycles. The summed E-state index contributed by atoms with van der Waals surface area (Å²) in [6.07, 6.45) is -3.49. The van der Waals surface area contributed by atoms with E-state index in [1.54, 1.807) is 37.4 Å². The van der Waals surface area contributed by atoms with Gasteiger partial charge in [-0.2, -0.15) is 13.2 Å². The molecule has 0 aliphatic rings. The molecule has 0 atom stereocenters. The van der Waals surface area contributed by atoms with Crippen molar-refractivity contribution in [3.8, 4) is 5.75 Å². The van der Waals surface area contributed by atoms with Gasteiger partial charge < -0.3 is 14.7 Å². The molecule has 0 radical (unpaired) electrons. The molecule has 34 heavy (non-hydrogen) atoms. The Morgan fingerprint density at radius 2 is 1.79 bits per heavy atom. The first-order chi connectivity index (χ1) is 15.7. The van der Waals surface area contributed by atoms with E-state index in [1.807, 2.05) is 38.1 Å². The van der Waals surface area contributed by atoms with Crippen LogP contribution in [0.25, 0.3) is 10.9 Å². The van der Waals surface area contributed by atoms with Crippen LogP contribution in [0.1, 0.15) is 18.1 Å². The molecule has 0 aliphatic carbocycles. The number of hydrogen-bond acceptors (Lipinski definition) is 5. The summed E-state index contributed by atoms with van der Waals surface area (Å²) in [5.41, 5.74) is 2.13. The van der Waals surface area contributed by atoms with Crippen LogP contribution in [0.4, 0.5) is 13.2 Å². The molecule has 0 amide bonds. The maximum atomic E-state index is 13.3. The fraction of sp³-hybridized carbons (Fsp3) is 0.318. The fourth-order valence-electron chi connectivity index (χ4n) is 3.19. The van der Waals surface area contributed by atoms with E-state index in [0.717, 1.165) is 16.7 Å². The minimum absolute atomic E-state index is 0.204. The average Bonchev–Trinajstić information content (AvgIpc) is 3.16. The van der Waals surface area contributed by atoms with Crippen LogP contribution < -0.4 is 4.74 Å². The Kier molecular flexibility index (Phi) is 8.62. The summed E-state index contributed by atoms with van der Waals surface area (Å²) in [4.78, 5) is 11.1. The molecule has 0 saturated carbocycles. The van der Waals surface area contributed by atoms with Crippen LogP contribution in [0.15, 0.2) is 47.5 Å². The molecule has 186 valence electrons. The zero-order valence-electron chi connectivity index (χ0n) is 18.9. The van der Waals surface area contributed by atoms with E-state index >= 15 is 0 Å². The Hall–Kier alpha value is -2.76. The molecular weight excluding hydrogens is 497 g/mol. The summed E-state index contributed by atoms with van der Waals surface area (Å²) in [6.45, 7) is 4.84. The summed E-state index contributed by atoms with van der Waals surface area (Å²) < 4.78 is 65.4. The molecule has 7 nitrogen and oxygen atoms in total. The second kappa shape index (κ2) is 10.7. The number of rotatable bonds is 6. The second-order valence-electron chi connectivity index (χ2n) is 7.43. The summed E-state index contributed by atoms with van der Waals surface area (Å²) in [6, 6.07) is 10.4. The molecule has 0 saturated heterocycles. The SMILES string of the molecule is CCOc1ccc2c(ccn2S(=O)(=O)c2cccc(Cl)c2C)c1CN(C)C.O=C(O)C(F)(F)F. The number of carboxylic acids is 1. The lowest BCUT2D eigenvalue weighted by Crippen LogP contribution is -2.21. The molecule has 0 unspecified atom stereocenters. The molecule has 3 rings (SSSR count). The van der Waals surface area contributed by atoms with E-state index in [9.17, 15) is 21.6 Å². The first-order valence-corrected chi connectivity index (χ1v) is 11.7. The Morgan fingerprint density at radius 3 is 2.32 bits per heavy atom. The van der Waals surface area contributed by atoms with Crippen LogP contribution in [0.3, 0.4) is 0 Å². The van der Waals surface area contributed by atoms with Gasteiger partial charge >= 0.3 is 12.1 Å². The minimum atomic E-state index is -5.08. The molecule has 3 aromatic rings. The van der Waals surface area contributed by atoms with Crippen molar-refractivity contribution < 1.29 is 36.2 Å². The minimum Gasteiger partial charge on any atom is -0.494 e. The van der Waals surface area contributed by atoms with Crippen LogP contribution in [0.2, 0.25) is 5.02 Å². The Morgan fingerprint density at radius 1 is 1.18 bits per heavy atom. The van der Waals surface area contributed by atoms with Gasteiger partial charge in [-0.15, -0.1) is 0 Å². The third-order valence-corrected chi connectivity index (χ3v) is 6.92. The molecular formula is C22H24ClF3N2O5S. The van der Waals surface area contributed by atoms with Crippen LogP contribution in [0.5, 0.6) is 5.75 Å². The average molecular weight is 521 g/mol. The second-order valence-corrected chi connectivity index (χ2v) is 9.62. The highest BCUT2D eigenvalue weighted by Crippen LogP contribution is 2.33. The number of halogens is 4. The maximum Gasteiger partial charge on any atom is 0.490 e.